The van der Waals surface area contributed by atoms with Gasteiger partial charge in [0.1, 0.15) is 16.7 Å². The number of carbonyl (C=O) groups excluding carboxylic acids is 2. The number of nitrogens with zero attached hydrogens (tertiary/aromatic N) is 4. The van der Waals surface area contributed by atoms with Crippen molar-refractivity contribution in [3.8, 4) is 0 Å². The van der Waals surface area contributed by atoms with Crippen LogP contribution in [0.2, 0.25) is 0 Å². The Morgan fingerprint density at radius 2 is 2.10 bits per heavy atom. The SMILES string of the molecule is Cc1noc(C)c1C(=O)N1CCC2(C(=O)Nc3ccccc32)C1c1cnn(C)c1. The Morgan fingerprint density at radius 1 is 1.31 bits per heavy atom. The lowest BCUT2D eigenvalue weighted by Crippen LogP contribution is -2.42. The maximum absolute atomic E-state index is 13.6. The molecule has 3 aromatic rings. The van der Waals surface area contributed by atoms with Gasteiger partial charge in [-0.05, 0) is 31.9 Å². The summed E-state index contributed by atoms with van der Waals surface area (Å²) in [5, 5.41) is 11.3. The van der Waals surface area contributed by atoms with Crippen LogP contribution in [0.1, 0.15) is 45.4 Å². The first-order valence-corrected chi connectivity index (χ1v) is 9.57. The highest BCUT2D eigenvalue weighted by Crippen LogP contribution is 2.55. The van der Waals surface area contributed by atoms with Gasteiger partial charge in [-0.25, -0.2) is 0 Å². The van der Waals surface area contributed by atoms with Crippen LogP contribution in [0.15, 0.2) is 41.2 Å². The average molecular weight is 391 g/mol. The molecule has 2 atom stereocenters. The molecule has 1 N–H and O–H groups in total. The number of nitrogens with one attached hydrogen (secondary N) is 1. The van der Waals surface area contributed by atoms with Crippen LogP contribution in [0.3, 0.4) is 0 Å². The normalized spacial score (nSPS) is 22.9. The van der Waals surface area contributed by atoms with Crippen molar-refractivity contribution in [3.63, 3.8) is 0 Å². The molecule has 1 spiro atoms. The largest absolute Gasteiger partial charge is 0.361 e. The summed E-state index contributed by atoms with van der Waals surface area (Å²) in [6.45, 7) is 3.94. The highest BCUT2D eigenvalue weighted by molar-refractivity contribution is 6.08. The van der Waals surface area contributed by atoms with E-state index in [4.69, 9.17) is 4.52 Å². The Labute approximate surface area is 167 Å². The minimum absolute atomic E-state index is 0.0818. The van der Waals surface area contributed by atoms with Gasteiger partial charge in [0.2, 0.25) is 5.91 Å². The lowest BCUT2D eigenvalue weighted by atomic mass is 9.73. The molecular weight excluding hydrogens is 370 g/mol. The van der Waals surface area contributed by atoms with E-state index < -0.39 is 11.5 Å². The van der Waals surface area contributed by atoms with Gasteiger partial charge in [0.25, 0.3) is 5.91 Å². The molecule has 1 saturated heterocycles. The third-order valence-corrected chi connectivity index (χ3v) is 6.14. The van der Waals surface area contributed by atoms with Crippen LogP contribution in [0, 0.1) is 13.8 Å². The Kier molecular flexibility index (Phi) is 3.68. The van der Waals surface area contributed by atoms with Gasteiger partial charge in [0.15, 0.2) is 0 Å². The summed E-state index contributed by atoms with van der Waals surface area (Å²) in [4.78, 5) is 28.7. The van der Waals surface area contributed by atoms with Crippen molar-refractivity contribution >= 4 is 17.5 Å². The molecule has 2 aliphatic heterocycles. The number of hydrogen-bond donors (Lipinski definition) is 1. The molecule has 2 aliphatic rings. The Balaban J connectivity index is 1.69. The lowest BCUT2D eigenvalue weighted by Gasteiger charge is -2.33. The molecule has 2 amide bonds. The summed E-state index contributed by atoms with van der Waals surface area (Å²) in [5.41, 5.74) is 2.72. The number of carbonyl (C=O) groups is 2. The fourth-order valence-electron chi connectivity index (χ4n) is 4.88. The molecule has 8 nitrogen and oxygen atoms in total. The Bertz CT molecular complexity index is 1130. The van der Waals surface area contributed by atoms with Crippen LogP contribution in [0.4, 0.5) is 5.69 Å². The topological polar surface area (TPSA) is 93.3 Å². The number of aryl methyl sites for hydroxylation is 3. The summed E-state index contributed by atoms with van der Waals surface area (Å²) in [6, 6.07) is 7.24. The van der Waals surface area contributed by atoms with Crippen molar-refractivity contribution in [1.29, 1.82) is 0 Å². The van der Waals surface area contributed by atoms with Crippen LogP contribution < -0.4 is 5.32 Å². The van der Waals surface area contributed by atoms with E-state index in [-0.39, 0.29) is 11.8 Å². The van der Waals surface area contributed by atoms with Crippen LogP contribution >= 0.6 is 0 Å². The lowest BCUT2D eigenvalue weighted by molar-refractivity contribution is -0.121. The summed E-state index contributed by atoms with van der Waals surface area (Å²) in [6.07, 6.45) is 4.14. The minimum atomic E-state index is -0.853. The van der Waals surface area contributed by atoms with Crippen LogP contribution in [0.5, 0.6) is 0 Å². The van der Waals surface area contributed by atoms with E-state index in [1.54, 1.807) is 29.6 Å². The molecule has 0 aliphatic carbocycles. The zero-order valence-corrected chi connectivity index (χ0v) is 16.5. The molecule has 148 valence electrons. The molecule has 8 heteroatoms. The standard InChI is InChI=1S/C21H21N5O3/c1-12-17(13(2)29-24-12)19(27)26-9-8-21(18(26)14-10-22-25(3)11-14)15-6-4-5-7-16(15)23-20(21)28/h4-7,10-11,18H,8-9H2,1-3H3,(H,23,28). The third kappa shape index (κ3) is 2.31. The Morgan fingerprint density at radius 3 is 2.79 bits per heavy atom. The van der Waals surface area contributed by atoms with Gasteiger partial charge in [-0.1, -0.05) is 23.4 Å². The number of anilines is 1. The average Bonchev–Trinajstić information content (AvgIpc) is 3.43. The van der Waals surface area contributed by atoms with Crippen molar-refractivity contribution in [2.45, 2.75) is 31.7 Å². The number of fused-ring (bicyclic) bond motifs is 2. The Hall–Kier alpha value is -3.42. The van der Waals surface area contributed by atoms with Crippen molar-refractivity contribution in [2.75, 3.05) is 11.9 Å². The second-order valence-electron chi connectivity index (χ2n) is 7.77. The number of amides is 2. The minimum Gasteiger partial charge on any atom is -0.361 e. The molecule has 1 aromatic carbocycles. The number of aromatic nitrogens is 3. The number of para-hydroxylation sites is 1. The van der Waals surface area contributed by atoms with Gasteiger partial charge in [-0.2, -0.15) is 5.10 Å². The summed E-state index contributed by atoms with van der Waals surface area (Å²) in [5.74, 6) is 0.223. The summed E-state index contributed by atoms with van der Waals surface area (Å²) >= 11 is 0. The van der Waals surface area contributed by atoms with E-state index in [9.17, 15) is 9.59 Å². The number of rotatable bonds is 2. The van der Waals surface area contributed by atoms with E-state index in [2.05, 4.69) is 15.6 Å². The summed E-state index contributed by atoms with van der Waals surface area (Å²) < 4.78 is 6.92. The number of hydrogen-bond acceptors (Lipinski definition) is 5. The van der Waals surface area contributed by atoms with Crippen molar-refractivity contribution in [3.05, 3.63) is 64.8 Å². The molecule has 2 aromatic heterocycles. The van der Waals surface area contributed by atoms with Crippen molar-refractivity contribution in [1.82, 2.24) is 19.8 Å². The molecule has 2 unspecified atom stereocenters. The fourth-order valence-corrected chi connectivity index (χ4v) is 4.88. The molecular formula is C21H21N5O3. The monoisotopic (exact) mass is 391 g/mol. The maximum atomic E-state index is 13.6. The number of likely N-dealkylation sites (tertiary alicyclic amines) is 1. The predicted octanol–water partition coefficient (Wildman–Crippen LogP) is 2.50. The van der Waals surface area contributed by atoms with E-state index in [1.807, 2.05) is 37.5 Å². The maximum Gasteiger partial charge on any atom is 0.259 e. The van der Waals surface area contributed by atoms with Crippen LogP contribution in [-0.2, 0) is 17.3 Å². The molecule has 1 fully saturated rings. The first-order chi connectivity index (χ1) is 13.9. The van der Waals surface area contributed by atoms with Crippen molar-refractivity contribution in [2.24, 2.45) is 7.05 Å². The highest BCUT2D eigenvalue weighted by Gasteiger charge is 2.59. The predicted molar refractivity (Wildman–Crippen MR) is 104 cm³/mol. The van der Waals surface area contributed by atoms with Crippen LogP contribution in [0.25, 0.3) is 0 Å². The van der Waals surface area contributed by atoms with E-state index >= 15 is 0 Å². The second kappa shape index (κ2) is 6.04. The quantitative estimate of drug-likeness (QED) is 0.724. The summed E-state index contributed by atoms with van der Waals surface area (Å²) in [7, 11) is 1.83. The second-order valence-corrected chi connectivity index (χ2v) is 7.77. The molecule has 0 radical (unpaired) electrons. The van der Waals surface area contributed by atoms with Crippen molar-refractivity contribution < 1.29 is 14.1 Å². The van der Waals surface area contributed by atoms with Gasteiger partial charge in [0.05, 0.1) is 17.9 Å². The molecule has 5 rings (SSSR count). The fraction of sp³-hybridized carbons (Fsp3) is 0.333. The first kappa shape index (κ1) is 17.7. The van der Waals surface area contributed by atoms with E-state index in [0.717, 1.165) is 16.8 Å². The van der Waals surface area contributed by atoms with Gasteiger partial charge in [-0.3, -0.25) is 14.3 Å². The third-order valence-electron chi connectivity index (χ3n) is 6.14. The van der Waals surface area contributed by atoms with E-state index in [0.29, 0.717) is 30.0 Å². The molecule has 4 heterocycles. The zero-order valence-electron chi connectivity index (χ0n) is 16.5. The van der Waals surface area contributed by atoms with Gasteiger partial charge in [-0.15, -0.1) is 0 Å². The smallest absolute Gasteiger partial charge is 0.259 e. The van der Waals surface area contributed by atoms with Gasteiger partial charge in [0, 0.05) is 31.0 Å². The van der Waals surface area contributed by atoms with Crippen LogP contribution in [-0.4, -0.2) is 38.2 Å². The molecule has 0 bridgehead atoms. The first-order valence-electron chi connectivity index (χ1n) is 9.57. The zero-order chi connectivity index (χ0) is 20.3. The number of benzene rings is 1. The highest BCUT2D eigenvalue weighted by atomic mass is 16.5. The molecule has 29 heavy (non-hydrogen) atoms. The van der Waals surface area contributed by atoms with Gasteiger partial charge >= 0.3 is 0 Å². The van der Waals surface area contributed by atoms with Gasteiger partial charge < -0.3 is 14.7 Å². The van der Waals surface area contributed by atoms with E-state index in [1.165, 1.54) is 0 Å². The molecule has 0 saturated carbocycles.